The molecule has 0 saturated heterocycles. The number of carbonyl (C=O) groups excluding carboxylic acids is 1. The molecule has 0 saturated carbocycles. The molecule has 136 valence electrons. The van der Waals surface area contributed by atoms with Crippen molar-refractivity contribution >= 4 is 22.8 Å². The van der Waals surface area contributed by atoms with Gasteiger partial charge in [-0.15, -0.1) is 0 Å². The summed E-state index contributed by atoms with van der Waals surface area (Å²) < 4.78 is 40.7. The third-order valence-corrected chi connectivity index (χ3v) is 3.86. The van der Waals surface area contributed by atoms with E-state index in [9.17, 15) is 18.0 Å². The van der Waals surface area contributed by atoms with Gasteiger partial charge in [0.15, 0.2) is 0 Å². The number of hydrogen-bond donors (Lipinski definition) is 2. The molecule has 1 aromatic carbocycles. The molecule has 0 aliphatic heterocycles. The number of anilines is 1. The van der Waals surface area contributed by atoms with E-state index in [-0.39, 0.29) is 5.69 Å². The fraction of sp³-hybridized carbons (Fsp3) is 0.222. The Morgan fingerprint density at radius 1 is 1.12 bits per heavy atom. The van der Waals surface area contributed by atoms with Gasteiger partial charge in [-0.05, 0) is 36.8 Å². The average molecular weight is 362 g/mol. The van der Waals surface area contributed by atoms with Crippen LogP contribution in [0.1, 0.15) is 12.0 Å². The minimum Gasteiger partial charge on any atom is -0.338 e. The molecule has 0 atom stereocenters. The van der Waals surface area contributed by atoms with Crippen LogP contribution >= 0.6 is 0 Å². The molecular formula is C18H17F3N4O. The lowest BCUT2D eigenvalue weighted by molar-refractivity contribution is -0.136. The van der Waals surface area contributed by atoms with Gasteiger partial charge >= 0.3 is 12.2 Å². The van der Waals surface area contributed by atoms with Gasteiger partial charge in [0, 0.05) is 30.9 Å². The van der Waals surface area contributed by atoms with Crippen LogP contribution in [0.15, 0.2) is 54.9 Å². The molecule has 2 aromatic heterocycles. The highest BCUT2D eigenvalue weighted by Crippen LogP contribution is 2.34. The number of aryl methyl sites for hydroxylation is 1. The highest BCUT2D eigenvalue weighted by molar-refractivity contribution is 5.90. The molecule has 5 nitrogen and oxygen atoms in total. The average Bonchev–Trinajstić information content (AvgIpc) is 3.01. The predicted octanol–water partition coefficient (Wildman–Crippen LogP) is 4.27. The highest BCUT2D eigenvalue weighted by Gasteiger charge is 2.33. The number of pyridine rings is 1. The number of nitrogens with zero attached hydrogens (tertiary/aromatic N) is 2. The quantitative estimate of drug-likeness (QED) is 0.666. The second-order valence-electron chi connectivity index (χ2n) is 5.70. The van der Waals surface area contributed by atoms with E-state index in [4.69, 9.17) is 0 Å². The van der Waals surface area contributed by atoms with E-state index in [1.165, 1.54) is 18.2 Å². The zero-order valence-electron chi connectivity index (χ0n) is 13.8. The molecule has 0 fully saturated rings. The van der Waals surface area contributed by atoms with Crippen LogP contribution in [0.2, 0.25) is 0 Å². The van der Waals surface area contributed by atoms with Crippen molar-refractivity contribution in [1.29, 1.82) is 0 Å². The van der Waals surface area contributed by atoms with E-state index in [1.54, 1.807) is 6.20 Å². The van der Waals surface area contributed by atoms with Crippen LogP contribution < -0.4 is 10.6 Å². The van der Waals surface area contributed by atoms with Gasteiger partial charge < -0.3 is 15.2 Å². The molecule has 0 aliphatic carbocycles. The number of fused-ring (bicyclic) bond motifs is 1. The van der Waals surface area contributed by atoms with Gasteiger partial charge in [-0.25, -0.2) is 9.78 Å². The van der Waals surface area contributed by atoms with Crippen LogP contribution in [0.4, 0.5) is 23.7 Å². The summed E-state index contributed by atoms with van der Waals surface area (Å²) in [5.41, 5.74) is -0.283. The summed E-state index contributed by atoms with van der Waals surface area (Å²) >= 11 is 0. The molecule has 0 bridgehead atoms. The van der Waals surface area contributed by atoms with Gasteiger partial charge in [0.25, 0.3) is 0 Å². The maximum atomic E-state index is 12.9. The molecular weight excluding hydrogens is 345 g/mol. The molecule has 3 rings (SSSR count). The van der Waals surface area contributed by atoms with E-state index in [2.05, 4.69) is 15.6 Å². The van der Waals surface area contributed by atoms with Crippen LogP contribution in [0.3, 0.4) is 0 Å². The van der Waals surface area contributed by atoms with Crippen molar-refractivity contribution in [2.75, 3.05) is 11.9 Å². The standard InChI is InChI=1S/C18H17F3N4O/c19-18(20,21)14-6-1-2-7-15(14)24-17(26)23-10-4-11-25-12-8-13-5-3-9-22-16(13)25/h1-3,5-9,12H,4,10-11H2,(H2,23,24,26). The Hall–Kier alpha value is -3.03. The van der Waals surface area contributed by atoms with Crippen LogP contribution in [0, 0.1) is 0 Å². The van der Waals surface area contributed by atoms with Crippen molar-refractivity contribution in [3.8, 4) is 0 Å². The Bertz CT molecular complexity index is 905. The predicted molar refractivity (Wildman–Crippen MR) is 92.8 cm³/mol. The van der Waals surface area contributed by atoms with Gasteiger partial charge in [0.05, 0.1) is 11.3 Å². The van der Waals surface area contributed by atoms with Gasteiger partial charge in [-0.3, -0.25) is 0 Å². The van der Waals surface area contributed by atoms with E-state index in [1.807, 2.05) is 29.0 Å². The summed E-state index contributed by atoms with van der Waals surface area (Å²) in [5, 5.41) is 5.85. The maximum Gasteiger partial charge on any atom is 0.418 e. The first-order chi connectivity index (χ1) is 12.4. The molecule has 0 aliphatic rings. The summed E-state index contributed by atoms with van der Waals surface area (Å²) in [6.07, 6.45) is -0.277. The van der Waals surface area contributed by atoms with Crippen molar-refractivity contribution in [3.63, 3.8) is 0 Å². The lowest BCUT2D eigenvalue weighted by Crippen LogP contribution is -2.30. The Balaban J connectivity index is 1.51. The lowest BCUT2D eigenvalue weighted by Gasteiger charge is -2.14. The van der Waals surface area contributed by atoms with Crippen LogP contribution in [0.5, 0.6) is 0 Å². The van der Waals surface area contributed by atoms with Crippen molar-refractivity contribution < 1.29 is 18.0 Å². The molecule has 26 heavy (non-hydrogen) atoms. The van der Waals surface area contributed by atoms with Crippen molar-refractivity contribution in [2.24, 2.45) is 0 Å². The zero-order valence-corrected chi connectivity index (χ0v) is 13.8. The minimum absolute atomic E-state index is 0.266. The second-order valence-corrected chi connectivity index (χ2v) is 5.70. The smallest absolute Gasteiger partial charge is 0.338 e. The van der Waals surface area contributed by atoms with Crippen molar-refractivity contribution in [1.82, 2.24) is 14.9 Å². The topological polar surface area (TPSA) is 59.0 Å². The molecule has 3 aromatic rings. The van der Waals surface area contributed by atoms with Crippen molar-refractivity contribution in [2.45, 2.75) is 19.1 Å². The van der Waals surface area contributed by atoms with Crippen LogP contribution in [-0.2, 0) is 12.7 Å². The van der Waals surface area contributed by atoms with Gasteiger partial charge in [0.1, 0.15) is 5.65 Å². The number of carbonyl (C=O) groups is 1. The normalized spacial score (nSPS) is 11.5. The number of halogens is 3. The first-order valence-electron chi connectivity index (χ1n) is 8.06. The van der Waals surface area contributed by atoms with Gasteiger partial charge in [-0.1, -0.05) is 12.1 Å². The number of nitrogens with one attached hydrogen (secondary N) is 2. The van der Waals surface area contributed by atoms with E-state index in [0.717, 1.165) is 17.1 Å². The van der Waals surface area contributed by atoms with Crippen LogP contribution in [0.25, 0.3) is 11.0 Å². The number of alkyl halides is 3. The number of amides is 2. The third-order valence-electron chi connectivity index (χ3n) is 3.86. The van der Waals surface area contributed by atoms with Gasteiger partial charge in [-0.2, -0.15) is 13.2 Å². The third kappa shape index (κ3) is 4.14. The highest BCUT2D eigenvalue weighted by atomic mass is 19.4. The maximum absolute atomic E-state index is 12.9. The molecule has 2 heterocycles. The van der Waals surface area contributed by atoms with E-state index < -0.39 is 17.8 Å². The summed E-state index contributed by atoms with van der Waals surface area (Å²) in [6, 6.07) is 9.98. The summed E-state index contributed by atoms with van der Waals surface area (Å²) in [7, 11) is 0. The molecule has 2 amide bonds. The molecule has 0 unspecified atom stereocenters. The molecule has 8 heteroatoms. The molecule has 2 N–H and O–H groups in total. The monoisotopic (exact) mass is 362 g/mol. The molecule has 0 spiro atoms. The first-order valence-corrected chi connectivity index (χ1v) is 8.06. The Morgan fingerprint density at radius 2 is 1.92 bits per heavy atom. The number of para-hydroxylation sites is 1. The second kappa shape index (κ2) is 7.47. The number of rotatable bonds is 5. The van der Waals surface area contributed by atoms with E-state index in [0.29, 0.717) is 19.5 Å². The summed E-state index contributed by atoms with van der Waals surface area (Å²) in [5.74, 6) is 0. The largest absolute Gasteiger partial charge is 0.418 e. The fourth-order valence-electron chi connectivity index (χ4n) is 2.66. The Morgan fingerprint density at radius 3 is 2.73 bits per heavy atom. The molecule has 0 radical (unpaired) electrons. The van der Waals surface area contributed by atoms with Gasteiger partial charge in [0.2, 0.25) is 0 Å². The van der Waals surface area contributed by atoms with Crippen molar-refractivity contribution in [3.05, 3.63) is 60.4 Å². The first kappa shape index (κ1) is 17.8. The lowest BCUT2D eigenvalue weighted by atomic mass is 10.1. The zero-order chi connectivity index (χ0) is 18.6. The number of hydrogen-bond acceptors (Lipinski definition) is 2. The number of benzene rings is 1. The van der Waals surface area contributed by atoms with Crippen LogP contribution in [-0.4, -0.2) is 22.1 Å². The number of urea groups is 1. The SMILES string of the molecule is O=C(NCCCn1ccc2cccnc21)Nc1ccccc1C(F)(F)F. The Labute approximate surface area is 147 Å². The summed E-state index contributed by atoms with van der Waals surface area (Å²) in [4.78, 5) is 16.2. The summed E-state index contributed by atoms with van der Waals surface area (Å²) in [6.45, 7) is 0.965. The number of aromatic nitrogens is 2. The Kier molecular flexibility index (Phi) is 5.11. The fourth-order valence-corrected chi connectivity index (χ4v) is 2.66. The van der Waals surface area contributed by atoms with E-state index >= 15 is 0 Å². The minimum atomic E-state index is -4.52.